The molecule has 4 heteroatoms. The van der Waals surface area contributed by atoms with Gasteiger partial charge in [-0.3, -0.25) is 0 Å². The molecule has 2 rings (SSSR count). The first kappa shape index (κ1) is 14.1. The lowest BCUT2D eigenvalue weighted by Gasteiger charge is -2.32. The second-order valence-electron chi connectivity index (χ2n) is 4.74. The molecular formula is C14H19Cl2NO. The number of rotatable bonds is 4. The molecule has 0 spiro atoms. The van der Waals surface area contributed by atoms with Crippen molar-refractivity contribution < 1.29 is 4.74 Å². The van der Waals surface area contributed by atoms with Crippen molar-refractivity contribution in [2.75, 3.05) is 19.8 Å². The molecule has 0 aliphatic carbocycles. The molecule has 1 fully saturated rings. The van der Waals surface area contributed by atoms with Gasteiger partial charge in [0.15, 0.2) is 0 Å². The molecule has 0 saturated carbocycles. The predicted molar refractivity (Wildman–Crippen MR) is 76.6 cm³/mol. The highest BCUT2D eigenvalue weighted by Crippen LogP contribution is 2.26. The number of hydrogen-bond donors (Lipinski definition) is 1. The second kappa shape index (κ2) is 6.76. The van der Waals surface area contributed by atoms with E-state index in [-0.39, 0.29) is 0 Å². The summed E-state index contributed by atoms with van der Waals surface area (Å²) in [6.07, 6.45) is 2.06. The number of ether oxygens (including phenoxy) is 1. The first-order valence-electron chi connectivity index (χ1n) is 6.45. The third-order valence-electron chi connectivity index (χ3n) is 3.42. The van der Waals surface area contributed by atoms with Crippen LogP contribution < -0.4 is 5.32 Å². The van der Waals surface area contributed by atoms with E-state index < -0.39 is 0 Å². The van der Waals surface area contributed by atoms with Crippen LogP contribution in [-0.4, -0.2) is 25.8 Å². The minimum absolute atomic E-state index is 0.510. The Kier molecular flexibility index (Phi) is 5.31. The molecule has 2 nitrogen and oxygen atoms in total. The van der Waals surface area contributed by atoms with Crippen LogP contribution in [0.15, 0.2) is 18.2 Å². The summed E-state index contributed by atoms with van der Waals surface area (Å²) < 4.78 is 5.59. The van der Waals surface area contributed by atoms with Crippen LogP contribution in [0.2, 0.25) is 10.0 Å². The van der Waals surface area contributed by atoms with Crippen LogP contribution in [0.25, 0.3) is 0 Å². The molecule has 18 heavy (non-hydrogen) atoms. The van der Waals surface area contributed by atoms with Crippen molar-refractivity contribution in [1.82, 2.24) is 5.32 Å². The Balaban J connectivity index is 2.03. The van der Waals surface area contributed by atoms with Crippen LogP contribution in [0.4, 0.5) is 0 Å². The van der Waals surface area contributed by atoms with E-state index in [4.69, 9.17) is 27.9 Å². The molecule has 1 aromatic rings. The Hall–Kier alpha value is -0.280. The maximum Gasteiger partial charge on any atom is 0.0595 e. The molecule has 2 atom stereocenters. The third-order valence-corrected chi connectivity index (χ3v) is 4.16. The van der Waals surface area contributed by atoms with Gasteiger partial charge in [-0.2, -0.15) is 0 Å². The highest BCUT2D eigenvalue weighted by molar-refractivity contribution is 6.42. The average Bonchev–Trinajstić information content (AvgIpc) is 2.37. The van der Waals surface area contributed by atoms with Gasteiger partial charge in [0.2, 0.25) is 0 Å². The summed E-state index contributed by atoms with van der Waals surface area (Å²) in [4.78, 5) is 0. The van der Waals surface area contributed by atoms with Gasteiger partial charge in [0.1, 0.15) is 0 Å². The molecule has 1 aromatic carbocycles. The standard InChI is InChI=1S/C14H19Cl2NO/c1-2-17-14-5-6-18-9-11(14)7-10-3-4-12(15)13(16)8-10/h3-4,8,11,14,17H,2,5-7,9H2,1H3/t11-,14+/m1/s1. The van der Waals surface area contributed by atoms with E-state index in [1.165, 1.54) is 5.56 Å². The zero-order valence-electron chi connectivity index (χ0n) is 10.6. The summed E-state index contributed by atoms with van der Waals surface area (Å²) in [6, 6.07) is 6.41. The van der Waals surface area contributed by atoms with E-state index in [1.54, 1.807) is 0 Å². The first-order chi connectivity index (χ1) is 8.70. The van der Waals surface area contributed by atoms with Gasteiger partial charge in [0, 0.05) is 18.6 Å². The van der Waals surface area contributed by atoms with Gasteiger partial charge in [0.05, 0.1) is 16.7 Å². The first-order valence-corrected chi connectivity index (χ1v) is 7.21. The third kappa shape index (κ3) is 3.61. The number of benzene rings is 1. The van der Waals surface area contributed by atoms with Crippen molar-refractivity contribution in [3.8, 4) is 0 Å². The molecular weight excluding hydrogens is 269 g/mol. The van der Waals surface area contributed by atoms with E-state index in [9.17, 15) is 0 Å². The maximum absolute atomic E-state index is 6.05. The van der Waals surface area contributed by atoms with Gasteiger partial charge in [-0.05, 0) is 37.1 Å². The van der Waals surface area contributed by atoms with Crippen LogP contribution in [0.5, 0.6) is 0 Å². The van der Waals surface area contributed by atoms with E-state index in [1.807, 2.05) is 18.2 Å². The Morgan fingerprint density at radius 1 is 1.33 bits per heavy atom. The summed E-state index contributed by atoms with van der Waals surface area (Å²) >= 11 is 12.0. The maximum atomic E-state index is 6.05. The summed E-state index contributed by atoms with van der Waals surface area (Å²) in [7, 11) is 0. The van der Waals surface area contributed by atoms with Gasteiger partial charge in [-0.15, -0.1) is 0 Å². The lowest BCUT2D eigenvalue weighted by atomic mass is 9.89. The van der Waals surface area contributed by atoms with E-state index in [0.29, 0.717) is 22.0 Å². The number of halogens is 2. The Morgan fingerprint density at radius 2 is 2.17 bits per heavy atom. The second-order valence-corrected chi connectivity index (χ2v) is 5.55. The van der Waals surface area contributed by atoms with E-state index >= 15 is 0 Å². The number of hydrogen-bond acceptors (Lipinski definition) is 2. The highest BCUT2D eigenvalue weighted by Gasteiger charge is 2.25. The van der Waals surface area contributed by atoms with E-state index in [0.717, 1.165) is 32.6 Å². The average molecular weight is 288 g/mol. The molecule has 0 unspecified atom stereocenters. The molecule has 1 heterocycles. The van der Waals surface area contributed by atoms with Crippen molar-refractivity contribution in [2.45, 2.75) is 25.8 Å². The van der Waals surface area contributed by atoms with Crippen LogP contribution in [0.3, 0.4) is 0 Å². The summed E-state index contributed by atoms with van der Waals surface area (Å²) in [5.74, 6) is 0.510. The van der Waals surface area contributed by atoms with Crippen molar-refractivity contribution in [1.29, 1.82) is 0 Å². The zero-order valence-corrected chi connectivity index (χ0v) is 12.1. The molecule has 0 aromatic heterocycles. The lowest BCUT2D eigenvalue weighted by molar-refractivity contribution is 0.0327. The quantitative estimate of drug-likeness (QED) is 0.914. The SMILES string of the molecule is CCN[C@H]1CCOC[C@H]1Cc1ccc(Cl)c(Cl)c1. The molecule has 1 aliphatic rings. The molecule has 0 bridgehead atoms. The van der Waals surface area contributed by atoms with Gasteiger partial charge in [-0.25, -0.2) is 0 Å². The van der Waals surface area contributed by atoms with Crippen LogP contribution in [0.1, 0.15) is 18.9 Å². The van der Waals surface area contributed by atoms with Crippen molar-refractivity contribution in [2.24, 2.45) is 5.92 Å². The molecule has 1 saturated heterocycles. The molecule has 0 radical (unpaired) electrons. The molecule has 1 aliphatic heterocycles. The van der Waals surface area contributed by atoms with Gasteiger partial charge in [0.25, 0.3) is 0 Å². The zero-order chi connectivity index (χ0) is 13.0. The molecule has 0 amide bonds. The number of nitrogens with one attached hydrogen (secondary N) is 1. The predicted octanol–water partition coefficient (Wildman–Crippen LogP) is 3.55. The van der Waals surface area contributed by atoms with Crippen LogP contribution in [-0.2, 0) is 11.2 Å². The summed E-state index contributed by atoms with van der Waals surface area (Å²) in [6.45, 7) is 4.82. The largest absolute Gasteiger partial charge is 0.381 e. The Labute approximate surface area is 119 Å². The van der Waals surface area contributed by atoms with Crippen LogP contribution in [0, 0.1) is 5.92 Å². The molecule has 1 N–H and O–H groups in total. The smallest absolute Gasteiger partial charge is 0.0595 e. The van der Waals surface area contributed by atoms with Crippen LogP contribution >= 0.6 is 23.2 Å². The fraction of sp³-hybridized carbons (Fsp3) is 0.571. The minimum Gasteiger partial charge on any atom is -0.381 e. The topological polar surface area (TPSA) is 21.3 Å². The fourth-order valence-electron chi connectivity index (χ4n) is 2.50. The normalized spacial score (nSPS) is 24.2. The van der Waals surface area contributed by atoms with Crippen molar-refractivity contribution in [3.05, 3.63) is 33.8 Å². The van der Waals surface area contributed by atoms with Crippen molar-refractivity contribution >= 4 is 23.2 Å². The van der Waals surface area contributed by atoms with Gasteiger partial charge < -0.3 is 10.1 Å². The fourth-order valence-corrected chi connectivity index (χ4v) is 2.82. The summed E-state index contributed by atoms with van der Waals surface area (Å²) in [5.41, 5.74) is 1.22. The Bertz CT molecular complexity index is 395. The minimum atomic E-state index is 0.510. The Morgan fingerprint density at radius 3 is 2.89 bits per heavy atom. The van der Waals surface area contributed by atoms with E-state index in [2.05, 4.69) is 12.2 Å². The van der Waals surface area contributed by atoms with Gasteiger partial charge in [-0.1, -0.05) is 36.2 Å². The van der Waals surface area contributed by atoms with Crippen molar-refractivity contribution in [3.63, 3.8) is 0 Å². The summed E-state index contributed by atoms with van der Waals surface area (Å²) in [5, 5.41) is 4.79. The van der Waals surface area contributed by atoms with Gasteiger partial charge >= 0.3 is 0 Å². The molecule has 100 valence electrons. The lowest BCUT2D eigenvalue weighted by Crippen LogP contribution is -2.43. The highest BCUT2D eigenvalue weighted by atomic mass is 35.5. The monoisotopic (exact) mass is 287 g/mol.